The summed E-state index contributed by atoms with van der Waals surface area (Å²) in [6, 6.07) is 5.75. The lowest BCUT2D eigenvalue weighted by molar-refractivity contribution is -0.0226. The molecule has 1 fully saturated rings. The van der Waals surface area contributed by atoms with Gasteiger partial charge in [0.15, 0.2) is 0 Å². The second-order valence-corrected chi connectivity index (χ2v) is 5.47. The third kappa shape index (κ3) is 2.93. The molecule has 1 heterocycles. The van der Waals surface area contributed by atoms with Gasteiger partial charge in [0, 0.05) is 23.1 Å². The van der Waals surface area contributed by atoms with Crippen LogP contribution in [-0.4, -0.2) is 36.6 Å². The van der Waals surface area contributed by atoms with Crippen molar-refractivity contribution < 1.29 is 9.53 Å². The summed E-state index contributed by atoms with van der Waals surface area (Å²) in [5, 5.41) is 0. The molecule has 2 rings (SSSR count). The van der Waals surface area contributed by atoms with E-state index in [2.05, 4.69) is 22.9 Å². The number of morpholine rings is 1. The highest BCUT2D eigenvalue weighted by atomic mass is 79.9. The van der Waals surface area contributed by atoms with Crippen molar-refractivity contribution in [1.82, 2.24) is 4.90 Å². The van der Waals surface area contributed by atoms with Gasteiger partial charge in [-0.1, -0.05) is 28.9 Å². The molecule has 0 spiro atoms. The molecule has 1 atom stereocenters. The second-order valence-electron chi connectivity index (χ2n) is 4.62. The largest absolute Gasteiger partial charge is 0.375 e. The molecule has 0 aliphatic carbocycles. The summed E-state index contributed by atoms with van der Waals surface area (Å²) >= 11 is 3.47. The summed E-state index contributed by atoms with van der Waals surface area (Å²) in [4.78, 5) is 14.3. The SMILES string of the molecule is CCC1CN(C(=O)c2ccc(C)c(Br)c2)CCO1. The van der Waals surface area contributed by atoms with Crippen LogP contribution in [0.15, 0.2) is 22.7 Å². The zero-order chi connectivity index (χ0) is 13.1. The van der Waals surface area contributed by atoms with E-state index in [0.717, 1.165) is 22.0 Å². The molecule has 1 aromatic carbocycles. The van der Waals surface area contributed by atoms with Crippen LogP contribution in [0.25, 0.3) is 0 Å². The Morgan fingerprint density at radius 2 is 2.33 bits per heavy atom. The summed E-state index contributed by atoms with van der Waals surface area (Å²) < 4.78 is 6.56. The van der Waals surface area contributed by atoms with E-state index in [4.69, 9.17) is 4.74 Å². The standard InChI is InChI=1S/C14H18BrNO2/c1-3-12-9-16(6-7-18-12)14(17)11-5-4-10(2)13(15)8-11/h4-5,8,12H,3,6-7,9H2,1-2H3. The van der Waals surface area contributed by atoms with Gasteiger partial charge in [0.25, 0.3) is 5.91 Å². The monoisotopic (exact) mass is 311 g/mol. The van der Waals surface area contributed by atoms with Gasteiger partial charge in [-0.25, -0.2) is 0 Å². The molecule has 0 saturated carbocycles. The molecule has 0 aromatic heterocycles. The molecule has 98 valence electrons. The van der Waals surface area contributed by atoms with Crippen LogP contribution in [0.3, 0.4) is 0 Å². The van der Waals surface area contributed by atoms with Gasteiger partial charge >= 0.3 is 0 Å². The van der Waals surface area contributed by atoms with E-state index in [9.17, 15) is 4.79 Å². The molecule has 1 aromatic rings. The number of halogens is 1. The van der Waals surface area contributed by atoms with E-state index in [0.29, 0.717) is 19.7 Å². The van der Waals surface area contributed by atoms with E-state index >= 15 is 0 Å². The van der Waals surface area contributed by atoms with Gasteiger partial charge in [-0.05, 0) is 31.0 Å². The maximum atomic E-state index is 12.4. The summed E-state index contributed by atoms with van der Waals surface area (Å²) in [5.74, 6) is 0.0949. The average molecular weight is 312 g/mol. The van der Waals surface area contributed by atoms with E-state index < -0.39 is 0 Å². The Hall–Kier alpha value is -0.870. The minimum atomic E-state index is 0.0949. The highest BCUT2D eigenvalue weighted by Crippen LogP contribution is 2.19. The topological polar surface area (TPSA) is 29.5 Å². The molecule has 4 heteroatoms. The lowest BCUT2D eigenvalue weighted by Gasteiger charge is -2.32. The van der Waals surface area contributed by atoms with Crippen LogP contribution in [-0.2, 0) is 4.74 Å². The first-order valence-electron chi connectivity index (χ1n) is 6.29. The number of hydrogen-bond acceptors (Lipinski definition) is 2. The molecule has 18 heavy (non-hydrogen) atoms. The van der Waals surface area contributed by atoms with Crippen molar-refractivity contribution >= 4 is 21.8 Å². The number of ether oxygens (including phenoxy) is 1. The Morgan fingerprint density at radius 1 is 1.56 bits per heavy atom. The van der Waals surface area contributed by atoms with Crippen molar-refractivity contribution in [2.45, 2.75) is 26.4 Å². The summed E-state index contributed by atoms with van der Waals surface area (Å²) in [6.07, 6.45) is 1.12. The van der Waals surface area contributed by atoms with Crippen molar-refractivity contribution in [3.63, 3.8) is 0 Å². The number of carbonyl (C=O) groups is 1. The lowest BCUT2D eigenvalue weighted by atomic mass is 10.1. The third-order valence-corrected chi connectivity index (χ3v) is 4.15. The van der Waals surface area contributed by atoms with Crippen LogP contribution < -0.4 is 0 Å². The van der Waals surface area contributed by atoms with Gasteiger partial charge in [0.05, 0.1) is 12.7 Å². The fourth-order valence-corrected chi connectivity index (χ4v) is 2.44. The lowest BCUT2D eigenvalue weighted by Crippen LogP contribution is -2.45. The maximum Gasteiger partial charge on any atom is 0.254 e. The minimum Gasteiger partial charge on any atom is -0.375 e. The predicted molar refractivity (Wildman–Crippen MR) is 74.8 cm³/mol. The van der Waals surface area contributed by atoms with Gasteiger partial charge in [-0.2, -0.15) is 0 Å². The number of aryl methyl sites for hydroxylation is 1. The van der Waals surface area contributed by atoms with Crippen molar-refractivity contribution in [3.8, 4) is 0 Å². The molecule has 1 aliphatic heterocycles. The van der Waals surface area contributed by atoms with Gasteiger partial charge in [-0.15, -0.1) is 0 Å². The maximum absolute atomic E-state index is 12.4. The third-order valence-electron chi connectivity index (χ3n) is 3.30. The fourth-order valence-electron chi connectivity index (χ4n) is 2.06. The number of rotatable bonds is 2. The van der Waals surface area contributed by atoms with E-state index in [-0.39, 0.29) is 12.0 Å². The van der Waals surface area contributed by atoms with Gasteiger partial charge in [0.2, 0.25) is 0 Å². The molecule has 1 saturated heterocycles. The molecule has 1 unspecified atom stereocenters. The first kappa shape index (κ1) is 13.6. The zero-order valence-electron chi connectivity index (χ0n) is 10.8. The Labute approximate surface area is 116 Å². The van der Waals surface area contributed by atoms with Crippen LogP contribution in [0.1, 0.15) is 29.3 Å². The van der Waals surface area contributed by atoms with Crippen LogP contribution in [0.2, 0.25) is 0 Å². The molecule has 3 nitrogen and oxygen atoms in total. The van der Waals surface area contributed by atoms with Crippen LogP contribution >= 0.6 is 15.9 Å². The van der Waals surface area contributed by atoms with Crippen LogP contribution in [0.4, 0.5) is 0 Å². The van der Waals surface area contributed by atoms with E-state index in [1.165, 1.54) is 0 Å². The highest BCUT2D eigenvalue weighted by molar-refractivity contribution is 9.10. The average Bonchev–Trinajstić information content (AvgIpc) is 2.41. The predicted octanol–water partition coefficient (Wildman–Crippen LogP) is 3.01. The van der Waals surface area contributed by atoms with Crippen molar-refractivity contribution in [3.05, 3.63) is 33.8 Å². The Morgan fingerprint density at radius 3 is 3.00 bits per heavy atom. The van der Waals surface area contributed by atoms with E-state index in [1.54, 1.807) is 0 Å². The molecular weight excluding hydrogens is 294 g/mol. The number of benzene rings is 1. The van der Waals surface area contributed by atoms with Gasteiger partial charge in [0.1, 0.15) is 0 Å². The van der Waals surface area contributed by atoms with Gasteiger partial charge in [-0.3, -0.25) is 4.79 Å². The minimum absolute atomic E-state index is 0.0949. The van der Waals surface area contributed by atoms with Crippen LogP contribution in [0, 0.1) is 6.92 Å². The molecule has 0 bridgehead atoms. The first-order chi connectivity index (χ1) is 8.61. The second kappa shape index (κ2) is 5.85. The summed E-state index contributed by atoms with van der Waals surface area (Å²) in [5.41, 5.74) is 1.88. The normalized spacial score (nSPS) is 19.9. The fraction of sp³-hybridized carbons (Fsp3) is 0.500. The van der Waals surface area contributed by atoms with Crippen LogP contribution in [0.5, 0.6) is 0 Å². The first-order valence-corrected chi connectivity index (χ1v) is 7.08. The number of hydrogen-bond donors (Lipinski definition) is 0. The van der Waals surface area contributed by atoms with Gasteiger partial charge < -0.3 is 9.64 Å². The highest BCUT2D eigenvalue weighted by Gasteiger charge is 2.24. The molecule has 1 amide bonds. The molecule has 1 aliphatic rings. The number of amides is 1. The Kier molecular flexibility index (Phi) is 4.40. The van der Waals surface area contributed by atoms with E-state index in [1.807, 2.05) is 30.0 Å². The van der Waals surface area contributed by atoms with Crippen molar-refractivity contribution in [2.24, 2.45) is 0 Å². The summed E-state index contributed by atoms with van der Waals surface area (Å²) in [6.45, 7) is 6.11. The number of nitrogens with zero attached hydrogens (tertiary/aromatic N) is 1. The molecule has 0 radical (unpaired) electrons. The quantitative estimate of drug-likeness (QED) is 0.840. The van der Waals surface area contributed by atoms with Crippen molar-refractivity contribution in [1.29, 1.82) is 0 Å². The molecular formula is C14H18BrNO2. The molecule has 0 N–H and O–H groups in total. The Balaban J connectivity index is 2.12. The number of carbonyl (C=O) groups excluding carboxylic acids is 1. The smallest absolute Gasteiger partial charge is 0.254 e. The Bertz CT molecular complexity index is 447. The summed E-state index contributed by atoms with van der Waals surface area (Å²) in [7, 11) is 0. The van der Waals surface area contributed by atoms with Crippen molar-refractivity contribution in [2.75, 3.05) is 19.7 Å². The zero-order valence-corrected chi connectivity index (χ0v) is 12.4.